The van der Waals surface area contributed by atoms with Gasteiger partial charge in [0.1, 0.15) is 17.5 Å². The van der Waals surface area contributed by atoms with Crippen molar-refractivity contribution in [1.82, 2.24) is 9.78 Å². The lowest BCUT2D eigenvalue weighted by Crippen LogP contribution is -2.11. The van der Waals surface area contributed by atoms with Crippen molar-refractivity contribution in [3.8, 4) is 11.5 Å². The molecular formula is C14H17ClN2O3. The van der Waals surface area contributed by atoms with Crippen LogP contribution in [0.4, 0.5) is 0 Å². The van der Waals surface area contributed by atoms with Gasteiger partial charge in [-0.2, -0.15) is 5.10 Å². The second-order valence-corrected chi connectivity index (χ2v) is 4.64. The molecule has 20 heavy (non-hydrogen) atoms. The SMILES string of the molecule is CCn1ncc(OC)c1C(O)c1ccc(Cl)cc1OC. The molecule has 108 valence electrons. The fraction of sp³-hybridized carbons (Fsp3) is 0.357. The van der Waals surface area contributed by atoms with Gasteiger partial charge >= 0.3 is 0 Å². The van der Waals surface area contributed by atoms with Gasteiger partial charge in [-0.05, 0) is 19.1 Å². The first kappa shape index (κ1) is 14.7. The summed E-state index contributed by atoms with van der Waals surface area (Å²) in [7, 11) is 3.09. The molecule has 0 saturated heterocycles. The predicted molar refractivity (Wildman–Crippen MR) is 76.5 cm³/mol. The van der Waals surface area contributed by atoms with Gasteiger partial charge < -0.3 is 14.6 Å². The van der Waals surface area contributed by atoms with E-state index >= 15 is 0 Å². The van der Waals surface area contributed by atoms with Gasteiger partial charge in [0.2, 0.25) is 0 Å². The minimum Gasteiger partial charge on any atom is -0.496 e. The fourth-order valence-corrected chi connectivity index (χ4v) is 2.28. The maximum absolute atomic E-state index is 10.6. The van der Waals surface area contributed by atoms with Crippen LogP contribution >= 0.6 is 11.6 Å². The molecule has 0 aliphatic rings. The van der Waals surface area contributed by atoms with Crippen molar-refractivity contribution in [1.29, 1.82) is 0 Å². The number of methoxy groups -OCH3 is 2. The van der Waals surface area contributed by atoms with E-state index in [1.165, 1.54) is 7.11 Å². The van der Waals surface area contributed by atoms with E-state index in [1.54, 1.807) is 36.2 Å². The highest BCUT2D eigenvalue weighted by molar-refractivity contribution is 6.30. The van der Waals surface area contributed by atoms with Crippen LogP contribution in [0.2, 0.25) is 5.02 Å². The number of halogens is 1. The van der Waals surface area contributed by atoms with Crippen LogP contribution in [0.3, 0.4) is 0 Å². The van der Waals surface area contributed by atoms with Crippen molar-refractivity contribution < 1.29 is 14.6 Å². The molecule has 1 heterocycles. The summed E-state index contributed by atoms with van der Waals surface area (Å²) < 4.78 is 12.2. The fourth-order valence-electron chi connectivity index (χ4n) is 2.12. The Kier molecular flexibility index (Phi) is 4.52. The van der Waals surface area contributed by atoms with Crippen LogP contribution in [0.15, 0.2) is 24.4 Å². The average Bonchev–Trinajstić information content (AvgIpc) is 2.89. The first-order chi connectivity index (χ1) is 9.62. The highest BCUT2D eigenvalue weighted by Crippen LogP contribution is 2.35. The summed E-state index contributed by atoms with van der Waals surface area (Å²) >= 11 is 5.94. The third kappa shape index (κ3) is 2.59. The third-order valence-electron chi connectivity index (χ3n) is 3.11. The van der Waals surface area contributed by atoms with E-state index in [2.05, 4.69) is 5.10 Å². The molecule has 0 bridgehead atoms. The normalized spacial score (nSPS) is 12.2. The van der Waals surface area contributed by atoms with Crippen LogP contribution in [-0.4, -0.2) is 29.1 Å². The number of rotatable bonds is 5. The number of aryl methyl sites for hydroxylation is 1. The Labute approximate surface area is 122 Å². The first-order valence-corrected chi connectivity index (χ1v) is 6.61. The van der Waals surface area contributed by atoms with Gasteiger partial charge in [0.05, 0.1) is 20.4 Å². The Morgan fingerprint density at radius 3 is 2.60 bits per heavy atom. The second kappa shape index (κ2) is 6.15. The quantitative estimate of drug-likeness (QED) is 0.921. The number of aliphatic hydroxyl groups excluding tert-OH is 1. The monoisotopic (exact) mass is 296 g/mol. The lowest BCUT2D eigenvalue weighted by molar-refractivity contribution is 0.198. The van der Waals surface area contributed by atoms with E-state index in [-0.39, 0.29) is 0 Å². The molecule has 6 heteroatoms. The lowest BCUT2D eigenvalue weighted by atomic mass is 10.0. The van der Waals surface area contributed by atoms with Gasteiger partial charge in [-0.25, -0.2) is 0 Å². The molecule has 1 aromatic carbocycles. The first-order valence-electron chi connectivity index (χ1n) is 6.23. The standard InChI is InChI=1S/C14H17ClN2O3/c1-4-17-13(12(20-3)8-16-17)14(18)10-6-5-9(15)7-11(10)19-2/h5-8,14,18H,4H2,1-3H3. The van der Waals surface area contributed by atoms with Crippen molar-refractivity contribution >= 4 is 11.6 Å². The van der Waals surface area contributed by atoms with Gasteiger partial charge in [-0.1, -0.05) is 17.7 Å². The number of benzene rings is 1. The molecule has 1 atom stereocenters. The predicted octanol–water partition coefficient (Wildman–Crippen LogP) is 2.66. The largest absolute Gasteiger partial charge is 0.496 e. The molecule has 0 aliphatic carbocycles. The zero-order valence-electron chi connectivity index (χ0n) is 11.6. The van der Waals surface area contributed by atoms with E-state index in [1.807, 2.05) is 6.92 Å². The van der Waals surface area contributed by atoms with E-state index in [0.717, 1.165) is 0 Å². The number of nitrogens with zero attached hydrogens (tertiary/aromatic N) is 2. The van der Waals surface area contributed by atoms with Crippen LogP contribution in [0.1, 0.15) is 24.3 Å². The van der Waals surface area contributed by atoms with Gasteiger partial charge in [0, 0.05) is 17.1 Å². The summed E-state index contributed by atoms with van der Waals surface area (Å²) in [6.07, 6.45) is 0.685. The van der Waals surface area contributed by atoms with Crippen LogP contribution in [0.25, 0.3) is 0 Å². The van der Waals surface area contributed by atoms with Crippen molar-refractivity contribution in [3.05, 3.63) is 40.7 Å². The van der Waals surface area contributed by atoms with Crippen molar-refractivity contribution in [2.75, 3.05) is 14.2 Å². The number of aliphatic hydroxyl groups is 1. The van der Waals surface area contributed by atoms with Gasteiger partial charge in [-0.15, -0.1) is 0 Å². The van der Waals surface area contributed by atoms with Crippen molar-refractivity contribution in [3.63, 3.8) is 0 Å². The number of ether oxygens (including phenoxy) is 2. The zero-order chi connectivity index (χ0) is 14.7. The molecule has 1 unspecified atom stereocenters. The van der Waals surface area contributed by atoms with E-state index in [9.17, 15) is 5.11 Å². The van der Waals surface area contributed by atoms with E-state index in [0.29, 0.717) is 34.3 Å². The minimum absolute atomic E-state index is 0.524. The van der Waals surface area contributed by atoms with Crippen LogP contribution in [-0.2, 0) is 6.54 Å². The lowest BCUT2D eigenvalue weighted by Gasteiger charge is -2.17. The van der Waals surface area contributed by atoms with E-state index < -0.39 is 6.10 Å². The number of hydrogen-bond acceptors (Lipinski definition) is 4. The third-order valence-corrected chi connectivity index (χ3v) is 3.35. The molecule has 1 aromatic heterocycles. The van der Waals surface area contributed by atoms with Crippen molar-refractivity contribution in [2.24, 2.45) is 0 Å². The summed E-state index contributed by atoms with van der Waals surface area (Å²) in [6.45, 7) is 2.58. The molecule has 1 N–H and O–H groups in total. The Balaban J connectivity index is 2.50. The molecule has 0 spiro atoms. The zero-order valence-corrected chi connectivity index (χ0v) is 12.4. The minimum atomic E-state index is -0.903. The Bertz CT molecular complexity index is 577. The highest BCUT2D eigenvalue weighted by Gasteiger charge is 2.23. The van der Waals surface area contributed by atoms with Gasteiger partial charge in [0.25, 0.3) is 0 Å². The van der Waals surface area contributed by atoms with Crippen LogP contribution in [0.5, 0.6) is 11.5 Å². The van der Waals surface area contributed by atoms with Crippen LogP contribution in [0, 0.1) is 0 Å². The Morgan fingerprint density at radius 2 is 2.00 bits per heavy atom. The summed E-state index contributed by atoms with van der Waals surface area (Å²) in [5.41, 5.74) is 1.21. The summed E-state index contributed by atoms with van der Waals surface area (Å²) in [6, 6.07) is 5.11. The second-order valence-electron chi connectivity index (χ2n) is 4.20. The van der Waals surface area contributed by atoms with Crippen molar-refractivity contribution in [2.45, 2.75) is 19.6 Å². The molecule has 0 fully saturated rings. The summed E-state index contributed by atoms with van der Waals surface area (Å²) in [4.78, 5) is 0. The maximum Gasteiger partial charge on any atom is 0.163 e. The van der Waals surface area contributed by atoms with Gasteiger partial charge in [0.15, 0.2) is 5.75 Å². The molecule has 0 saturated carbocycles. The molecule has 0 radical (unpaired) electrons. The van der Waals surface area contributed by atoms with Crippen LogP contribution < -0.4 is 9.47 Å². The summed E-state index contributed by atoms with van der Waals surface area (Å²) in [5, 5.41) is 15.4. The average molecular weight is 297 g/mol. The summed E-state index contributed by atoms with van der Waals surface area (Å²) in [5.74, 6) is 1.06. The molecule has 5 nitrogen and oxygen atoms in total. The topological polar surface area (TPSA) is 56.5 Å². The maximum atomic E-state index is 10.6. The molecular weight excluding hydrogens is 280 g/mol. The van der Waals surface area contributed by atoms with Gasteiger partial charge in [-0.3, -0.25) is 4.68 Å². The molecule has 0 aliphatic heterocycles. The molecule has 2 aromatic rings. The number of aromatic nitrogens is 2. The smallest absolute Gasteiger partial charge is 0.163 e. The van der Waals surface area contributed by atoms with E-state index in [4.69, 9.17) is 21.1 Å². The Hall–Kier alpha value is -1.72. The highest BCUT2D eigenvalue weighted by atomic mass is 35.5. The number of hydrogen-bond donors (Lipinski definition) is 1. The molecule has 0 amide bonds. The molecule has 2 rings (SSSR count). The Morgan fingerprint density at radius 1 is 1.30 bits per heavy atom.